The molecule has 1 saturated heterocycles. The van der Waals surface area contributed by atoms with Gasteiger partial charge in [0.1, 0.15) is 0 Å². The zero-order valence-electron chi connectivity index (χ0n) is 14.3. The van der Waals surface area contributed by atoms with Crippen molar-refractivity contribution in [2.75, 3.05) is 14.2 Å². The molecule has 0 spiro atoms. The topological polar surface area (TPSA) is 96.0 Å². The van der Waals surface area contributed by atoms with Gasteiger partial charge in [-0.1, -0.05) is 24.3 Å². The lowest BCUT2D eigenvalue weighted by atomic mass is 9.83. The summed E-state index contributed by atoms with van der Waals surface area (Å²) in [6.45, 7) is 0. The van der Waals surface area contributed by atoms with Gasteiger partial charge in [-0.3, -0.25) is 19.2 Å². The number of carbonyl (C=O) groups excluding carboxylic acids is 4. The molecule has 1 aliphatic heterocycles. The Kier molecular flexibility index (Phi) is 6.50. The van der Waals surface area contributed by atoms with Crippen LogP contribution in [0.15, 0.2) is 24.3 Å². The summed E-state index contributed by atoms with van der Waals surface area (Å²) in [7, 11) is 2.66. The molecule has 25 heavy (non-hydrogen) atoms. The molecule has 136 valence electrons. The van der Waals surface area contributed by atoms with Gasteiger partial charge in [-0.05, 0) is 25.7 Å². The molecule has 0 aromatic carbocycles. The quantitative estimate of drug-likeness (QED) is 0.323. The van der Waals surface area contributed by atoms with Crippen LogP contribution >= 0.6 is 0 Å². The first-order valence-corrected chi connectivity index (χ1v) is 8.20. The standard InChI is InChI=1S/C10H14O4.C8H8O3/c1-13-9(11)7-5-3-4-6-8(7)10(12)14-2;9-7-5-3-1-2-4-6(5)8(10)11-7/h3-4,7-8H,5-6H2,1-2H3;1-2,5-6H,3-4H2/t7-,8+;5-,6+. The molecule has 0 aromatic rings. The maximum absolute atomic E-state index is 11.3. The van der Waals surface area contributed by atoms with Gasteiger partial charge < -0.3 is 14.2 Å². The Morgan fingerprint density at radius 1 is 0.800 bits per heavy atom. The molecule has 0 amide bonds. The lowest BCUT2D eigenvalue weighted by molar-refractivity contribution is -0.157. The van der Waals surface area contributed by atoms with E-state index in [9.17, 15) is 19.2 Å². The molecule has 0 aromatic heterocycles. The third kappa shape index (κ3) is 4.35. The van der Waals surface area contributed by atoms with Crippen LogP contribution in [0.25, 0.3) is 0 Å². The van der Waals surface area contributed by atoms with E-state index in [2.05, 4.69) is 14.2 Å². The van der Waals surface area contributed by atoms with Crippen LogP contribution in [0.4, 0.5) is 0 Å². The second kappa shape index (κ2) is 8.60. The maximum atomic E-state index is 11.3. The monoisotopic (exact) mass is 350 g/mol. The highest BCUT2D eigenvalue weighted by Crippen LogP contribution is 2.32. The smallest absolute Gasteiger partial charge is 0.317 e. The van der Waals surface area contributed by atoms with Crippen LogP contribution in [0.2, 0.25) is 0 Å². The molecule has 0 bridgehead atoms. The van der Waals surface area contributed by atoms with E-state index in [1.54, 1.807) is 0 Å². The Bertz CT molecular complexity index is 555. The first-order chi connectivity index (χ1) is 12.0. The molecule has 3 rings (SSSR count). The molecule has 7 heteroatoms. The van der Waals surface area contributed by atoms with Crippen molar-refractivity contribution in [3.8, 4) is 0 Å². The van der Waals surface area contributed by atoms with Gasteiger partial charge in [-0.2, -0.15) is 0 Å². The predicted molar refractivity (Wildman–Crippen MR) is 85.8 cm³/mol. The second-order valence-corrected chi connectivity index (χ2v) is 6.10. The van der Waals surface area contributed by atoms with Gasteiger partial charge in [0, 0.05) is 0 Å². The lowest BCUT2D eigenvalue weighted by Crippen LogP contribution is -2.32. The fourth-order valence-electron chi connectivity index (χ4n) is 3.22. The molecule has 7 nitrogen and oxygen atoms in total. The number of ether oxygens (including phenoxy) is 3. The maximum Gasteiger partial charge on any atom is 0.317 e. The first kappa shape index (κ1) is 18.9. The van der Waals surface area contributed by atoms with Gasteiger partial charge in [0.05, 0.1) is 37.9 Å². The summed E-state index contributed by atoms with van der Waals surface area (Å²) in [6, 6.07) is 0. The van der Waals surface area contributed by atoms with Gasteiger partial charge in [-0.15, -0.1) is 0 Å². The molecule has 0 saturated carbocycles. The Labute approximate surface area is 146 Å². The molecule has 0 unspecified atom stereocenters. The van der Waals surface area contributed by atoms with Crippen molar-refractivity contribution in [1.82, 2.24) is 0 Å². The number of hydrogen-bond acceptors (Lipinski definition) is 7. The number of esters is 4. The van der Waals surface area contributed by atoms with Crippen molar-refractivity contribution < 1.29 is 33.4 Å². The third-order valence-corrected chi connectivity index (χ3v) is 4.68. The summed E-state index contributed by atoms with van der Waals surface area (Å²) < 4.78 is 13.8. The zero-order chi connectivity index (χ0) is 18.4. The second-order valence-electron chi connectivity index (χ2n) is 6.10. The minimum atomic E-state index is -0.391. The molecule has 2 aliphatic carbocycles. The SMILES string of the molecule is COC(=O)[C@H]1CC=CC[C@H]1C(=O)OC.O=C1OC(=O)[C@@H]2CC=CC[C@H]12. The van der Waals surface area contributed by atoms with Gasteiger partial charge in [0.25, 0.3) is 0 Å². The number of carbonyl (C=O) groups is 4. The summed E-state index contributed by atoms with van der Waals surface area (Å²) in [4.78, 5) is 44.6. The van der Waals surface area contributed by atoms with E-state index in [0.29, 0.717) is 25.7 Å². The Morgan fingerprint density at radius 3 is 1.52 bits per heavy atom. The van der Waals surface area contributed by atoms with E-state index in [1.165, 1.54) is 14.2 Å². The summed E-state index contributed by atoms with van der Waals surface area (Å²) in [5, 5.41) is 0. The number of allylic oxidation sites excluding steroid dienone is 4. The Morgan fingerprint density at radius 2 is 1.16 bits per heavy atom. The zero-order valence-corrected chi connectivity index (χ0v) is 14.3. The minimum absolute atomic E-state index is 0.188. The summed E-state index contributed by atoms with van der Waals surface area (Å²) in [6.07, 6.45) is 10.1. The van der Waals surface area contributed by atoms with Gasteiger partial charge in [-0.25, -0.2) is 0 Å². The van der Waals surface area contributed by atoms with Crippen molar-refractivity contribution in [2.24, 2.45) is 23.7 Å². The fraction of sp³-hybridized carbons (Fsp3) is 0.556. The van der Waals surface area contributed by atoms with Crippen LogP contribution < -0.4 is 0 Å². The Hall–Kier alpha value is -2.44. The van der Waals surface area contributed by atoms with E-state index >= 15 is 0 Å². The number of methoxy groups -OCH3 is 2. The van der Waals surface area contributed by atoms with Crippen LogP contribution in [-0.2, 0) is 33.4 Å². The molecule has 1 fully saturated rings. The third-order valence-electron chi connectivity index (χ3n) is 4.68. The van der Waals surface area contributed by atoms with Crippen molar-refractivity contribution in [3.63, 3.8) is 0 Å². The van der Waals surface area contributed by atoms with Gasteiger partial charge in [0.15, 0.2) is 0 Å². The highest BCUT2D eigenvalue weighted by atomic mass is 16.6. The molecule has 3 aliphatic rings. The number of cyclic esters (lactones) is 2. The summed E-state index contributed by atoms with van der Waals surface area (Å²) in [5.41, 5.74) is 0. The van der Waals surface area contributed by atoms with Crippen molar-refractivity contribution >= 4 is 23.9 Å². The van der Waals surface area contributed by atoms with Crippen LogP contribution in [0.3, 0.4) is 0 Å². The Balaban J connectivity index is 0.000000185. The van der Waals surface area contributed by atoms with Gasteiger partial charge >= 0.3 is 23.9 Å². The molecule has 0 radical (unpaired) electrons. The van der Waals surface area contributed by atoms with E-state index in [4.69, 9.17) is 0 Å². The fourth-order valence-corrected chi connectivity index (χ4v) is 3.22. The molecule has 0 N–H and O–H groups in total. The lowest BCUT2D eigenvalue weighted by Gasteiger charge is -2.23. The highest BCUT2D eigenvalue weighted by Gasteiger charge is 2.43. The first-order valence-electron chi connectivity index (χ1n) is 8.20. The number of hydrogen-bond donors (Lipinski definition) is 0. The van der Waals surface area contributed by atoms with Crippen LogP contribution in [-0.4, -0.2) is 38.1 Å². The molecular weight excluding hydrogens is 328 g/mol. The minimum Gasteiger partial charge on any atom is -0.469 e. The average molecular weight is 350 g/mol. The summed E-state index contributed by atoms with van der Waals surface area (Å²) >= 11 is 0. The summed E-state index contributed by atoms with van der Waals surface area (Å²) in [5.74, 6) is -2.53. The molecule has 4 atom stereocenters. The number of rotatable bonds is 2. The van der Waals surface area contributed by atoms with Crippen molar-refractivity contribution in [1.29, 1.82) is 0 Å². The van der Waals surface area contributed by atoms with E-state index in [0.717, 1.165) is 0 Å². The highest BCUT2D eigenvalue weighted by molar-refractivity contribution is 5.96. The van der Waals surface area contributed by atoms with Crippen LogP contribution in [0, 0.1) is 23.7 Å². The predicted octanol–water partition coefficient (Wildman–Crippen LogP) is 1.57. The average Bonchev–Trinajstić information content (AvgIpc) is 2.95. The van der Waals surface area contributed by atoms with E-state index in [1.807, 2.05) is 24.3 Å². The number of fused-ring (bicyclic) bond motifs is 1. The molecule has 1 heterocycles. The molecular formula is C18H22O7. The van der Waals surface area contributed by atoms with Crippen molar-refractivity contribution in [3.05, 3.63) is 24.3 Å². The van der Waals surface area contributed by atoms with Gasteiger partial charge in [0.2, 0.25) is 0 Å². The van der Waals surface area contributed by atoms with Crippen LogP contribution in [0.5, 0.6) is 0 Å². The van der Waals surface area contributed by atoms with E-state index in [-0.39, 0.29) is 35.7 Å². The normalized spacial score (nSPS) is 29.8. The largest absolute Gasteiger partial charge is 0.469 e. The van der Waals surface area contributed by atoms with E-state index < -0.39 is 11.8 Å². The van der Waals surface area contributed by atoms with Crippen LogP contribution in [0.1, 0.15) is 25.7 Å². The van der Waals surface area contributed by atoms with Crippen molar-refractivity contribution in [2.45, 2.75) is 25.7 Å².